The first-order valence-electron chi connectivity index (χ1n) is 24.9. The number of rotatable bonds is 7. The molecule has 1 radical (unpaired) electrons. The van der Waals surface area contributed by atoms with E-state index >= 15 is 0 Å². The van der Waals surface area contributed by atoms with Gasteiger partial charge >= 0.3 is 0 Å². The number of hydrogen-bond donors (Lipinski definition) is 1. The molecule has 0 aromatic heterocycles. The Labute approximate surface area is 406 Å². The van der Waals surface area contributed by atoms with Gasteiger partial charge < -0.3 is 10.2 Å². The van der Waals surface area contributed by atoms with Gasteiger partial charge in [0, 0.05) is 34.0 Å². The lowest BCUT2D eigenvalue weighted by molar-refractivity contribution is 0.332. The van der Waals surface area contributed by atoms with Gasteiger partial charge in [0.25, 0.3) is 0 Å². The standard InChI is InChI=1S/C65H64BN2/c1-42-35-52-55(65(8,9)34-31-62(52,2)3)41-58(42)68-59-37-47(44-21-15-11-16-22-44)27-30-56(59)66-61-51(36-48(38-60(61)68)45-23-17-12-18-24-45)50-39-53-54(64(6,7)33-32-63(53,4)5)40-57(50)67-49-28-25-46(26-29-49)43-19-13-10-14-20-43/h10-30,35-41,67H,31-34H2,1-9H3. The van der Waals surface area contributed by atoms with E-state index in [1.54, 1.807) is 0 Å². The molecule has 11 rings (SSSR count). The Bertz CT molecular complexity index is 3210. The zero-order chi connectivity index (χ0) is 47.2. The Morgan fingerprint density at radius 2 is 0.853 bits per heavy atom. The van der Waals surface area contributed by atoms with Crippen molar-refractivity contribution in [3.63, 3.8) is 0 Å². The first-order valence-corrected chi connectivity index (χ1v) is 24.9. The van der Waals surface area contributed by atoms with Crippen LogP contribution in [-0.4, -0.2) is 7.28 Å². The number of aryl methyl sites for hydroxylation is 1. The van der Waals surface area contributed by atoms with E-state index < -0.39 is 0 Å². The summed E-state index contributed by atoms with van der Waals surface area (Å²) in [6.07, 6.45) is 4.63. The van der Waals surface area contributed by atoms with Gasteiger partial charge in [-0.05, 0) is 175 Å². The lowest BCUT2D eigenvalue weighted by atomic mass is 9.57. The van der Waals surface area contributed by atoms with Crippen molar-refractivity contribution in [1.29, 1.82) is 0 Å². The highest BCUT2D eigenvalue weighted by Crippen LogP contribution is 2.52. The molecule has 2 nitrogen and oxygen atoms in total. The molecule has 1 N–H and O–H groups in total. The normalized spacial score (nSPS) is 16.9. The topological polar surface area (TPSA) is 15.3 Å². The lowest BCUT2D eigenvalue weighted by Crippen LogP contribution is -2.41. The molecule has 3 aliphatic rings. The molecule has 0 unspecified atom stereocenters. The van der Waals surface area contributed by atoms with Crippen molar-refractivity contribution in [2.45, 2.75) is 110 Å². The van der Waals surface area contributed by atoms with Crippen LogP contribution in [0.15, 0.2) is 170 Å². The summed E-state index contributed by atoms with van der Waals surface area (Å²) in [5.74, 6) is 0. The smallest absolute Gasteiger partial charge is 0.197 e. The van der Waals surface area contributed by atoms with Crippen LogP contribution in [-0.2, 0) is 21.7 Å². The molecule has 337 valence electrons. The number of anilines is 5. The average molecular weight is 884 g/mol. The zero-order valence-corrected chi connectivity index (χ0v) is 41.5. The fraction of sp³-hybridized carbons (Fsp3) is 0.262. The fourth-order valence-electron chi connectivity index (χ4n) is 11.6. The average Bonchev–Trinajstić information content (AvgIpc) is 3.34. The number of hydrogen-bond acceptors (Lipinski definition) is 2. The molecule has 8 aromatic carbocycles. The maximum Gasteiger partial charge on any atom is 0.197 e. The van der Waals surface area contributed by atoms with Crippen molar-refractivity contribution >= 4 is 46.6 Å². The SMILES string of the molecule is Cc1cc2c(cc1N1c3cc(-c4ccccc4)ccc3[B]c3c(-c4cc5c(cc4Nc4ccc(-c6ccccc6)cc4)C(C)(C)CCC5(C)C)cc(-c4ccccc4)cc31)C(C)(C)CCC2(C)C. The summed E-state index contributed by atoms with van der Waals surface area (Å²) in [7, 11) is 2.48. The minimum atomic E-state index is 0.0174. The Balaban J connectivity index is 1.19. The molecule has 0 atom stereocenters. The molecule has 3 heteroatoms. The van der Waals surface area contributed by atoms with Crippen molar-refractivity contribution in [1.82, 2.24) is 0 Å². The molecule has 0 bridgehead atoms. The van der Waals surface area contributed by atoms with E-state index in [0.29, 0.717) is 0 Å². The van der Waals surface area contributed by atoms with Crippen LogP contribution in [0, 0.1) is 6.92 Å². The summed E-state index contributed by atoms with van der Waals surface area (Å²) in [6, 6.07) is 63.8. The zero-order valence-electron chi connectivity index (χ0n) is 41.5. The van der Waals surface area contributed by atoms with Crippen LogP contribution in [0.25, 0.3) is 44.5 Å². The molecular formula is C65H64BN2. The molecule has 0 fully saturated rings. The first-order chi connectivity index (χ1) is 32.6. The Morgan fingerprint density at radius 3 is 1.43 bits per heavy atom. The van der Waals surface area contributed by atoms with Crippen molar-refractivity contribution in [3.05, 3.63) is 198 Å². The van der Waals surface area contributed by atoms with Crippen LogP contribution in [0.4, 0.5) is 28.4 Å². The van der Waals surface area contributed by atoms with Gasteiger partial charge in [-0.15, -0.1) is 0 Å². The van der Waals surface area contributed by atoms with E-state index in [-0.39, 0.29) is 21.7 Å². The molecular weight excluding hydrogens is 820 g/mol. The van der Waals surface area contributed by atoms with Crippen LogP contribution >= 0.6 is 0 Å². The molecule has 0 saturated carbocycles. The minimum absolute atomic E-state index is 0.0174. The van der Waals surface area contributed by atoms with E-state index in [2.05, 4.69) is 250 Å². The van der Waals surface area contributed by atoms with Gasteiger partial charge in [0.05, 0.1) is 0 Å². The van der Waals surface area contributed by atoms with Crippen molar-refractivity contribution in [2.24, 2.45) is 0 Å². The number of nitrogens with one attached hydrogen (secondary N) is 1. The van der Waals surface area contributed by atoms with Gasteiger partial charge in [0.1, 0.15) is 0 Å². The van der Waals surface area contributed by atoms with Crippen LogP contribution < -0.4 is 21.1 Å². The van der Waals surface area contributed by atoms with Crippen LogP contribution in [0.3, 0.4) is 0 Å². The maximum atomic E-state index is 4.05. The quantitative estimate of drug-likeness (QED) is 0.160. The third-order valence-electron chi connectivity index (χ3n) is 16.1. The second-order valence-corrected chi connectivity index (χ2v) is 22.7. The summed E-state index contributed by atoms with van der Waals surface area (Å²) in [5, 5.41) is 4.05. The van der Waals surface area contributed by atoms with E-state index in [4.69, 9.17) is 0 Å². The highest BCUT2D eigenvalue weighted by atomic mass is 15.2. The maximum absolute atomic E-state index is 4.05. The molecule has 1 aliphatic heterocycles. The number of nitrogens with zero attached hydrogens (tertiary/aromatic N) is 1. The lowest BCUT2D eigenvalue weighted by Gasteiger charge is -2.44. The molecule has 2 aliphatic carbocycles. The van der Waals surface area contributed by atoms with Crippen molar-refractivity contribution in [2.75, 3.05) is 10.2 Å². The van der Waals surface area contributed by atoms with E-state index in [0.717, 1.165) is 30.6 Å². The highest BCUT2D eigenvalue weighted by Gasteiger charge is 2.41. The summed E-state index contributed by atoms with van der Waals surface area (Å²) >= 11 is 0. The Kier molecular flexibility index (Phi) is 10.5. The summed E-state index contributed by atoms with van der Waals surface area (Å²) in [4.78, 5) is 2.63. The molecule has 0 saturated heterocycles. The van der Waals surface area contributed by atoms with Crippen LogP contribution in [0.2, 0.25) is 0 Å². The van der Waals surface area contributed by atoms with Gasteiger partial charge in [-0.2, -0.15) is 0 Å². The van der Waals surface area contributed by atoms with Crippen LogP contribution in [0.5, 0.6) is 0 Å². The largest absolute Gasteiger partial charge is 0.355 e. The van der Waals surface area contributed by atoms with Gasteiger partial charge in [-0.25, -0.2) is 0 Å². The molecule has 0 spiro atoms. The highest BCUT2D eigenvalue weighted by molar-refractivity contribution is 6.73. The third-order valence-corrected chi connectivity index (χ3v) is 16.1. The minimum Gasteiger partial charge on any atom is -0.355 e. The second-order valence-electron chi connectivity index (χ2n) is 22.7. The summed E-state index contributed by atoms with van der Waals surface area (Å²) in [6.45, 7) is 21.9. The van der Waals surface area contributed by atoms with E-state index in [1.165, 1.54) is 107 Å². The monoisotopic (exact) mass is 884 g/mol. The second kappa shape index (κ2) is 16.3. The molecule has 68 heavy (non-hydrogen) atoms. The number of fused-ring (bicyclic) bond motifs is 4. The predicted molar refractivity (Wildman–Crippen MR) is 293 cm³/mol. The molecule has 1 heterocycles. The van der Waals surface area contributed by atoms with Crippen LogP contribution in [0.1, 0.15) is 109 Å². The van der Waals surface area contributed by atoms with E-state index in [1.807, 2.05) is 0 Å². The first kappa shape index (κ1) is 44.0. The van der Waals surface area contributed by atoms with Crippen molar-refractivity contribution in [3.8, 4) is 44.5 Å². The van der Waals surface area contributed by atoms with Gasteiger partial charge in [-0.3, -0.25) is 0 Å². The van der Waals surface area contributed by atoms with Gasteiger partial charge in [0.15, 0.2) is 7.28 Å². The predicted octanol–water partition coefficient (Wildman–Crippen LogP) is 16.5. The summed E-state index contributed by atoms with van der Waals surface area (Å²) in [5.41, 5.74) is 25.4. The molecule has 0 amide bonds. The van der Waals surface area contributed by atoms with E-state index in [9.17, 15) is 0 Å². The third kappa shape index (κ3) is 7.69. The molecule has 8 aromatic rings. The Hall–Kier alpha value is -6.58. The summed E-state index contributed by atoms with van der Waals surface area (Å²) < 4.78 is 0. The fourth-order valence-corrected chi connectivity index (χ4v) is 11.6. The van der Waals surface area contributed by atoms with Gasteiger partial charge in [0.2, 0.25) is 0 Å². The number of benzene rings is 8. The Morgan fingerprint density at radius 1 is 0.397 bits per heavy atom. The van der Waals surface area contributed by atoms with Gasteiger partial charge in [-0.1, -0.05) is 182 Å². The van der Waals surface area contributed by atoms with Crippen molar-refractivity contribution < 1.29 is 0 Å².